The van der Waals surface area contributed by atoms with Crippen molar-refractivity contribution >= 4 is 19.8 Å². The van der Waals surface area contributed by atoms with Gasteiger partial charge in [-0.05, 0) is 89.9 Å². The fourth-order valence-electron chi connectivity index (χ4n) is 5.21. The summed E-state index contributed by atoms with van der Waals surface area (Å²) >= 11 is 0. The van der Waals surface area contributed by atoms with E-state index in [1.807, 2.05) is 12.2 Å². The largest absolute Gasteiger partial charge is 0.472 e. The molecule has 0 rings (SSSR count). The van der Waals surface area contributed by atoms with E-state index in [-0.39, 0.29) is 32.6 Å². The van der Waals surface area contributed by atoms with Crippen LogP contribution in [0.1, 0.15) is 155 Å². The summed E-state index contributed by atoms with van der Waals surface area (Å²) in [6.07, 6.45) is 54.5. The number of carbonyl (C=O) groups is 2. The molecule has 0 heterocycles. The Bertz CT molecular complexity index is 1250. The first-order chi connectivity index (χ1) is 27.8. The van der Waals surface area contributed by atoms with Gasteiger partial charge in [-0.3, -0.25) is 18.6 Å². The molecule has 0 aromatic heterocycles. The topological polar surface area (TPSA) is 134 Å². The van der Waals surface area contributed by atoms with Crippen LogP contribution >= 0.6 is 7.82 Å². The third-order valence-corrected chi connectivity index (χ3v) is 9.44. The molecule has 10 heteroatoms. The number of hydrogen-bond acceptors (Lipinski definition) is 8. The van der Waals surface area contributed by atoms with Crippen LogP contribution in [-0.2, 0) is 32.7 Å². The monoisotopic (exact) mass is 816 g/mol. The minimum Gasteiger partial charge on any atom is -0.462 e. The number of unbranched alkanes of at least 4 members (excludes halogenated alkanes) is 10. The maximum atomic E-state index is 12.6. The molecule has 9 nitrogen and oxygen atoms in total. The van der Waals surface area contributed by atoms with E-state index in [1.54, 1.807) is 0 Å². The van der Waals surface area contributed by atoms with Gasteiger partial charge in [0.1, 0.15) is 6.61 Å². The molecule has 0 saturated carbocycles. The molecule has 0 amide bonds. The fraction of sp³-hybridized carbons (Fsp3) is 0.617. The third-order valence-electron chi connectivity index (χ3n) is 8.46. The van der Waals surface area contributed by atoms with Gasteiger partial charge >= 0.3 is 19.8 Å². The van der Waals surface area contributed by atoms with Crippen LogP contribution in [0.2, 0.25) is 0 Å². The zero-order valence-corrected chi connectivity index (χ0v) is 36.4. The normalized spacial score (nSPS) is 14.2. The average molecular weight is 816 g/mol. The van der Waals surface area contributed by atoms with E-state index >= 15 is 0 Å². The van der Waals surface area contributed by atoms with E-state index in [2.05, 4.69) is 98.9 Å². The summed E-state index contributed by atoms with van der Waals surface area (Å²) in [6, 6.07) is 0. The van der Waals surface area contributed by atoms with E-state index in [0.29, 0.717) is 12.8 Å². The van der Waals surface area contributed by atoms with Crippen LogP contribution in [-0.4, -0.2) is 49.3 Å². The molecule has 57 heavy (non-hydrogen) atoms. The van der Waals surface area contributed by atoms with Gasteiger partial charge in [0, 0.05) is 19.4 Å². The number of esters is 2. The highest BCUT2D eigenvalue weighted by Crippen LogP contribution is 2.43. The molecule has 0 aliphatic rings. The zero-order chi connectivity index (χ0) is 41.8. The van der Waals surface area contributed by atoms with Crippen molar-refractivity contribution in [1.82, 2.24) is 0 Å². The Labute approximate surface area is 346 Å². The van der Waals surface area contributed by atoms with E-state index < -0.39 is 32.5 Å². The van der Waals surface area contributed by atoms with Gasteiger partial charge < -0.3 is 20.1 Å². The highest BCUT2D eigenvalue weighted by Gasteiger charge is 2.25. The van der Waals surface area contributed by atoms with Crippen LogP contribution in [0.25, 0.3) is 0 Å². The van der Waals surface area contributed by atoms with Gasteiger partial charge in [0.25, 0.3) is 0 Å². The molecule has 0 aromatic rings. The second-order valence-electron chi connectivity index (χ2n) is 13.8. The number of carbonyl (C=O) groups excluding carboxylic acids is 2. The predicted molar refractivity (Wildman–Crippen MR) is 238 cm³/mol. The van der Waals surface area contributed by atoms with Gasteiger partial charge in [-0.15, -0.1) is 0 Å². The van der Waals surface area contributed by atoms with E-state index in [0.717, 1.165) is 64.2 Å². The lowest BCUT2D eigenvalue weighted by Gasteiger charge is -2.19. The van der Waals surface area contributed by atoms with E-state index in [1.165, 1.54) is 51.4 Å². The van der Waals surface area contributed by atoms with E-state index in [4.69, 9.17) is 24.3 Å². The number of allylic oxidation sites excluding steroid dienone is 16. The van der Waals surface area contributed by atoms with Crippen molar-refractivity contribution in [1.29, 1.82) is 0 Å². The van der Waals surface area contributed by atoms with Crippen LogP contribution in [0.3, 0.4) is 0 Å². The Morgan fingerprint density at radius 2 is 0.947 bits per heavy atom. The van der Waals surface area contributed by atoms with Crippen molar-refractivity contribution in [2.45, 2.75) is 161 Å². The highest BCUT2D eigenvalue weighted by atomic mass is 31.2. The number of ether oxygens (including phenoxy) is 2. The van der Waals surface area contributed by atoms with Crippen LogP contribution in [0.4, 0.5) is 0 Å². The lowest BCUT2D eigenvalue weighted by molar-refractivity contribution is -0.161. The molecule has 0 saturated heterocycles. The second kappa shape index (κ2) is 42.5. The second-order valence-corrected chi connectivity index (χ2v) is 15.3. The Hall–Kier alpha value is -3.07. The van der Waals surface area contributed by atoms with Gasteiger partial charge in [-0.2, -0.15) is 0 Å². The molecule has 0 radical (unpaired) electrons. The SMILES string of the molecule is CCCCCC=CCC=CCC=CCC=CCC=CCCC(=O)OCC(COP(=O)(O)OCCN)OC(=O)CCCCCCC=CCC=CCC=CCCCCC. The number of phosphoric acid groups is 1. The lowest BCUT2D eigenvalue weighted by Crippen LogP contribution is -2.29. The van der Waals surface area contributed by atoms with Crippen molar-refractivity contribution in [3.63, 3.8) is 0 Å². The smallest absolute Gasteiger partial charge is 0.462 e. The van der Waals surface area contributed by atoms with Crippen molar-refractivity contribution < 1.29 is 37.6 Å². The van der Waals surface area contributed by atoms with Crippen molar-refractivity contribution in [2.24, 2.45) is 5.73 Å². The molecular formula is C47H78NO8P. The van der Waals surface area contributed by atoms with Gasteiger partial charge in [0.15, 0.2) is 6.10 Å². The highest BCUT2D eigenvalue weighted by molar-refractivity contribution is 7.47. The van der Waals surface area contributed by atoms with Crippen molar-refractivity contribution in [3.05, 3.63) is 97.2 Å². The van der Waals surface area contributed by atoms with Crippen LogP contribution < -0.4 is 5.73 Å². The molecule has 0 aliphatic heterocycles. The average Bonchev–Trinajstić information content (AvgIpc) is 3.20. The fourth-order valence-corrected chi connectivity index (χ4v) is 5.98. The minimum absolute atomic E-state index is 0.0347. The maximum absolute atomic E-state index is 12.6. The molecule has 0 bridgehead atoms. The third kappa shape index (κ3) is 42.4. The predicted octanol–water partition coefficient (Wildman–Crippen LogP) is 12.6. The Kier molecular flexibility index (Phi) is 40.2. The number of nitrogens with two attached hydrogens (primary N) is 1. The summed E-state index contributed by atoms with van der Waals surface area (Å²) in [6.45, 7) is 3.54. The number of hydrogen-bond donors (Lipinski definition) is 2. The summed E-state index contributed by atoms with van der Waals surface area (Å²) in [5, 5.41) is 0. The molecule has 0 spiro atoms. The molecule has 0 aromatic carbocycles. The van der Waals surface area contributed by atoms with Crippen LogP contribution in [0.15, 0.2) is 97.2 Å². The summed E-state index contributed by atoms with van der Waals surface area (Å²) in [5.74, 6) is -0.960. The first-order valence-corrected chi connectivity index (χ1v) is 23.2. The first kappa shape index (κ1) is 53.9. The van der Waals surface area contributed by atoms with Crippen molar-refractivity contribution in [3.8, 4) is 0 Å². The minimum atomic E-state index is -4.41. The van der Waals surface area contributed by atoms with Gasteiger partial charge in [-0.1, -0.05) is 150 Å². The first-order valence-electron chi connectivity index (χ1n) is 21.7. The Morgan fingerprint density at radius 1 is 0.526 bits per heavy atom. The number of rotatable bonds is 39. The molecule has 2 atom stereocenters. The van der Waals surface area contributed by atoms with Gasteiger partial charge in [-0.25, -0.2) is 4.57 Å². The van der Waals surface area contributed by atoms with E-state index in [9.17, 15) is 19.0 Å². The van der Waals surface area contributed by atoms with Crippen molar-refractivity contribution in [2.75, 3.05) is 26.4 Å². The summed E-state index contributed by atoms with van der Waals surface area (Å²) in [5.41, 5.74) is 5.34. The number of phosphoric ester groups is 1. The quantitative estimate of drug-likeness (QED) is 0.0269. The molecular weight excluding hydrogens is 737 g/mol. The zero-order valence-electron chi connectivity index (χ0n) is 35.5. The molecule has 0 fully saturated rings. The summed E-state index contributed by atoms with van der Waals surface area (Å²) in [7, 11) is -4.41. The molecule has 2 unspecified atom stereocenters. The van der Waals surface area contributed by atoms with Gasteiger partial charge in [0.2, 0.25) is 0 Å². The summed E-state index contributed by atoms with van der Waals surface area (Å²) in [4.78, 5) is 34.8. The Balaban J connectivity index is 4.35. The summed E-state index contributed by atoms with van der Waals surface area (Å²) < 4.78 is 32.7. The van der Waals surface area contributed by atoms with Gasteiger partial charge in [0.05, 0.1) is 13.2 Å². The standard InChI is InChI=1S/C47H78NO8P/c1-3-5-7-9-11-13-15-17-19-21-22-24-25-27-29-31-33-35-37-39-46(49)53-43-45(44-55-57(51,52)54-42-41-48)56-47(50)40-38-36-34-32-30-28-26-23-20-18-16-14-12-10-8-6-4-2/h11-14,17-20,22,24,26-29,33,35,45H,3-10,15-16,21,23,25,30-32,34,36-44,48H2,1-2H3,(H,51,52). The molecule has 0 aliphatic carbocycles. The lowest BCUT2D eigenvalue weighted by atomic mass is 10.1. The van der Waals surface area contributed by atoms with Crippen LogP contribution in [0, 0.1) is 0 Å². The maximum Gasteiger partial charge on any atom is 0.472 e. The van der Waals surface area contributed by atoms with Crippen LogP contribution in [0.5, 0.6) is 0 Å². The molecule has 3 N–H and O–H groups in total. The Morgan fingerprint density at radius 3 is 1.40 bits per heavy atom. The molecule has 324 valence electrons.